The number of benzene rings is 2. The summed E-state index contributed by atoms with van der Waals surface area (Å²) in [4.78, 5) is 12.3. The molecule has 2 aromatic carbocycles. The Hall–Kier alpha value is -2.46. The Balaban J connectivity index is 1.81. The maximum atomic E-state index is 12.3. The molecule has 0 aliphatic rings. The van der Waals surface area contributed by atoms with Crippen molar-refractivity contribution in [2.24, 2.45) is 0 Å². The van der Waals surface area contributed by atoms with Crippen LogP contribution in [0.25, 0.3) is 11.0 Å². The average molecular weight is 330 g/mol. The average Bonchev–Trinajstić information content (AvgIpc) is 2.94. The van der Waals surface area contributed by atoms with E-state index in [4.69, 9.17) is 20.8 Å². The summed E-state index contributed by atoms with van der Waals surface area (Å²) < 4.78 is 10.7. The quantitative estimate of drug-likeness (QED) is 0.762. The second-order valence-electron chi connectivity index (χ2n) is 5.26. The lowest BCUT2D eigenvalue weighted by molar-refractivity contribution is -0.115. The molecule has 1 heterocycles. The highest BCUT2D eigenvalue weighted by atomic mass is 35.5. The lowest BCUT2D eigenvalue weighted by Gasteiger charge is -2.09. The summed E-state index contributed by atoms with van der Waals surface area (Å²) in [7, 11) is 1.61. The van der Waals surface area contributed by atoms with Gasteiger partial charge in [-0.05, 0) is 42.8 Å². The fourth-order valence-corrected chi connectivity index (χ4v) is 2.61. The van der Waals surface area contributed by atoms with Crippen LogP contribution in [0.5, 0.6) is 5.75 Å². The van der Waals surface area contributed by atoms with E-state index in [-0.39, 0.29) is 12.3 Å². The number of fused-ring (bicyclic) bond motifs is 1. The monoisotopic (exact) mass is 329 g/mol. The standard InChI is InChI=1S/C18H16ClNO3/c1-11-15(19)4-3-5-16(11)20-18(21)8-12-10-23-17-7-6-13(22-2)9-14(12)17/h3-7,9-10H,8H2,1-2H3,(H,20,21). The molecule has 0 bridgehead atoms. The van der Waals surface area contributed by atoms with Gasteiger partial charge in [-0.2, -0.15) is 0 Å². The Morgan fingerprint density at radius 2 is 2.13 bits per heavy atom. The molecular weight excluding hydrogens is 314 g/mol. The zero-order valence-corrected chi connectivity index (χ0v) is 13.6. The van der Waals surface area contributed by atoms with Crippen molar-refractivity contribution in [3.05, 3.63) is 58.8 Å². The smallest absolute Gasteiger partial charge is 0.228 e. The van der Waals surface area contributed by atoms with Crippen LogP contribution in [0, 0.1) is 6.92 Å². The van der Waals surface area contributed by atoms with Crippen LogP contribution >= 0.6 is 11.6 Å². The minimum Gasteiger partial charge on any atom is -0.497 e. The number of carbonyl (C=O) groups excluding carboxylic acids is 1. The predicted octanol–water partition coefficient (Wildman–Crippen LogP) is 4.58. The molecule has 1 N–H and O–H groups in total. The third-order valence-electron chi connectivity index (χ3n) is 3.75. The highest BCUT2D eigenvalue weighted by Crippen LogP contribution is 2.27. The van der Waals surface area contributed by atoms with Crippen LogP contribution in [0.3, 0.4) is 0 Å². The lowest BCUT2D eigenvalue weighted by Crippen LogP contribution is -2.15. The summed E-state index contributed by atoms with van der Waals surface area (Å²) in [6.07, 6.45) is 1.82. The molecule has 0 atom stereocenters. The van der Waals surface area contributed by atoms with Gasteiger partial charge in [-0.15, -0.1) is 0 Å². The first-order valence-electron chi connectivity index (χ1n) is 7.17. The molecule has 3 rings (SSSR count). The minimum atomic E-state index is -0.124. The number of halogens is 1. The van der Waals surface area contributed by atoms with Crippen LogP contribution in [-0.4, -0.2) is 13.0 Å². The van der Waals surface area contributed by atoms with Crippen molar-refractivity contribution < 1.29 is 13.9 Å². The van der Waals surface area contributed by atoms with Crippen LogP contribution in [0.15, 0.2) is 47.1 Å². The molecule has 118 valence electrons. The second kappa shape index (κ2) is 6.34. The zero-order chi connectivity index (χ0) is 16.4. The largest absolute Gasteiger partial charge is 0.497 e. The van der Waals surface area contributed by atoms with E-state index >= 15 is 0 Å². The van der Waals surface area contributed by atoms with Crippen molar-refractivity contribution in [2.75, 3.05) is 12.4 Å². The number of methoxy groups -OCH3 is 1. The van der Waals surface area contributed by atoms with Crippen LogP contribution in [0.1, 0.15) is 11.1 Å². The van der Waals surface area contributed by atoms with Crippen LogP contribution in [0.2, 0.25) is 5.02 Å². The van der Waals surface area contributed by atoms with Gasteiger partial charge in [-0.1, -0.05) is 17.7 Å². The SMILES string of the molecule is COc1ccc2occ(CC(=O)Nc3cccc(Cl)c3C)c2c1. The number of rotatable bonds is 4. The van der Waals surface area contributed by atoms with E-state index in [1.54, 1.807) is 19.4 Å². The number of nitrogens with one attached hydrogen (secondary N) is 1. The summed E-state index contributed by atoms with van der Waals surface area (Å²) in [6, 6.07) is 11.0. The van der Waals surface area contributed by atoms with E-state index in [9.17, 15) is 4.79 Å². The highest BCUT2D eigenvalue weighted by molar-refractivity contribution is 6.31. The van der Waals surface area contributed by atoms with Gasteiger partial charge in [0.15, 0.2) is 0 Å². The number of hydrogen-bond donors (Lipinski definition) is 1. The molecule has 0 radical (unpaired) electrons. The summed E-state index contributed by atoms with van der Waals surface area (Å²) in [5.74, 6) is 0.604. The summed E-state index contributed by atoms with van der Waals surface area (Å²) in [5.41, 5.74) is 3.11. The minimum absolute atomic E-state index is 0.124. The summed E-state index contributed by atoms with van der Waals surface area (Å²) >= 11 is 6.07. The van der Waals surface area contributed by atoms with Gasteiger partial charge in [-0.3, -0.25) is 4.79 Å². The molecule has 0 spiro atoms. The first-order valence-corrected chi connectivity index (χ1v) is 7.55. The van der Waals surface area contributed by atoms with Crippen LogP contribution in [0.4, 0.5) is 5.69 Å². The fourth-order valence-electron chi connectivity index (χ4n) is 2.44. The van der Waals surface area contributed by atoms with Crippen molar-refractivity contribution in [3.8, 4) is 5.75 Å². The number of amides is 1. The van der Waals surface area contributed by atoms with Gasteiger partial charge in [-0.25, -0.2) is 0 Å². The topological polar surface area (TPSA) is 51.5 Å². The van der Waals surface area contributed by atoms with Crippen LogP contribution < -0.4 is 10.1 Å². The molecule has 4 nitrogen and oxygen atoms in total. The molecule has 0 unspecified atom stereocenters. The molecule has 0 saturated heterocycles. The number of ether oxygens (including phenoxy) is 1. The highest BCUT2D eigenvalue weighted by Gasteiger charge is 2.13. The molecule has 23 heavy (non-hydrogen) atoms. The van der Waals surface area contributed by atoms with E-state index in [0.29, 0.717) is 10.7 Å². The molecule has 0 aliphatic heterocycles. The summed E-state index contributed by atoms with van der Waals surface area (Å²) in [5, 5.41) is 4.39. The Morgan fingerprint density at radius 1 is 1.30 bits per heavy atom. The third kappa shape index (κ3) is 3.17. The van der Waals surface area contributed by atoms with Gasteiger partial charge in [0.05, 0.1) is 19.8 Å². The molecular formula is C18H16ClNO3. The normalized spacial score (nSPS) is 10.7. The molecule has 0 saturated carbocycles. The third-order valence-corrected chi connectivity index (χ3v) is 4.16. The second-order valence-corrected chi connectivity index (χ2v) is 5.67. The van der Waals surface area contributed by atoms with Gasteiger partial charge < -0.3 is 14.5 Å². The zero-order valence-electron chi connectivity index (χ0n) is 12.9. The maximum absolute atomic E-state index is 12.3. The number of carbonyl (C=O) groups is 1. The van der Waals surface area contributed by atoms with E-state index in [2.05, 4.69) is 5.32 Å². The molecule has 3 aromatic rings. The summed E-state index contributed by atoms with van der Waals surface area (Å²) in [6.45, 7) is 1.87. The van der Waals surface area contributed by atoms with E-state index in [1.807, 2.05) is 37.3 Å². The van der Waals surface area contributed by atoms with Gasteiger partial charge in [0.1, 0.15) is 11.3 Å². The molecule has 0 aliphatic carbocycles. The Labute approximate surface area is 139 Å². The Morgan fingerprint density at radius 3 is 2.91 bits per heavy atom. The van der Waals surface area contributed by atoms with Gasteiger partial charge in [0, 0.05) is 21.7 Å². The lowest BCUT2D eigenvalue weighted by atomic mass is 10.1. The van der Waals surface area contributed by atoms with Gasteiger partial charge in [0.2, 0.25) is 5.91 Å². The van der Waals surface area contributed by atoms with Gasteiger partial charge in [0.25, 0.3) is 0 Å². The van der Waals surface area contributed by atoms with Crippen molar-refractivity contribution in [2.45, 2.75) is 13.3 Å². The Kier molecular flexibility index (Phi) is 4.26. The Bertz CT molecular complexity index is 870. The molecule has 1 aromatic heterocycles. The van der Waals surface area contributed by atoms with Crippen molar-refractivity contribution in [1.82, 2.24) is 0 Å². The number of anilines is 1. The van der Waals surface area contributed by atoms with Crippen molar-refractivity contribution in [3.63, 3.8) is 0 Å². The van der Waals surface area contributed by atoms with Crippen molar-refractivity contribution >= 4 is 34.2 Å². The van der Waals surface area contributed by atoms with E-state index in [0.717, 1.165) is 27.8 Å². The fraction of sp³-hybridized carbons (Fsp3) is 0.167. The maximum Gasteiger partial charge on any atom is 0.228 e. The molecule has 5 heteroatoms. The number of hydrogen-bond acceptors (Lipinski definition) is 3. The van der Waals surface area contributed by atoms with E-state index < -0.39 is 0 Å². The van der Waals surface area contributed by atoms with Crippen LogP contribution in [-0.2, 0) is 11.2 Å². The van der Waals surface area contributed by atoms with Gasteiger partial charge >= 0.3 is 0 Å². The predicted molar refractivity (Wildman–Crippen MR) is 91.3 cm³/mol. The molecule has 0 fully saturated rings. The molecule has 1 amide bonds. The first kappa shape index (κ1) is 15.4. The first-order chi connectivity index (χ1) is 11.1. The van der Waals surface area contributed by atoms with E-state index in [1.165, 1.54) is 0 Å². The number of furan rings is 1. The van der Waals surface area contributed by atoms with Crippen molar-refractivity contribution in [1.29, 1.82) is 0 Å².